The molecule has 2 bridgehead atoms. The van der Waals surface area contributed by atoms with Crippen LogP contribution in [0.15, 0.2) is 47.3 Å². The molecule has 3 aromatic rings. The van der Waals surface area contributed by atoms with E-state index in [0.29, 0.717) is 28.9 Å². The lowest BCUT2D eigenvalue weighted by Crippen LogP contribution is -2.59. The van der Waals surface area contributed by atoms with Crippen LogP contribution in [0.1, 0.15) is 40.9 Å². The van der Waals surface area contributed by atoms with Gasteiger partial charge in [0.05, 0.1) is 17.8 Å². The minimum absolute atomic E-state index is 0.0179. The molecule has 0 radical (unpaired) electrons. The predicted octanol–water partition coefficient (Wildman–Crippen LogP) is 3.82. The van der Waals surface area contributed by atoms with E-state index in [4.69, 9.17) is 9.15 Å². The van der Waals surface area contributed by atoms with Crippen LogP contribution in [0.25, 0.3) is 11.6 Å². The second-order valence-electron chi connectivity index (χ2n) is 8.22. The van der Waals surface area contributed by atoms with E-state index in [-0.39, 0.29) is 18.1 Å². The van der Waals surface area contributed by atoms with Crippen LogP contribution in [0.4, 0.5) is 0 Å². The average molecular weight is 404 g/mol. The van der Waals surface area contributed by atoms with Crippen molar-refractivity contribution in [1.29, 1.82) is 0 Å². The molecule has 154 valence electrons. The molecule has 2 saturated heterocycles. The third-order valence-corrected chi connectivity index (χ3v) is 6.04. The van der Waals surface area contributed by atoms with Gasteiger partial charge in [-0.05, 0) is 56.7 Å². The Morgan fingerprint density at radius 3 is 2.80 bits per heavy atom. The van der Waals surface area contributed by atoms with Crippen molar-refractivity contribution in [2.24, 2.45) is 5.92 Å². The Kier molecular flexibility index (Phi) is 4.73. The van der Waals surface area contributed by atoms with Gasteiger partial charge in [-0.25, -0.2) is 15.0 Å². The third kappa shape index (κ3) is 3.44. The number of hydrogen-bond acceptors (Lipinski definition) is 6. The van der Waals surface area contributed by atoms with Crippen molar-refractivity contribution in [2.75, 3.05) is 6.54 Å². The summed E-state index contributed by atoms with van der Waals surface area (Å²) in [5, 5.41) is 0. The van der Waals surface area contributed by atoms with E-state index in [1.54, 1.807) is 12.4 Å². The number of nitrogens with zero attached hydrogens (tertiary/aromatic N) is 4. The summed E-state index contributed by atoms with van der Waals surface area (Å²) < 4.78 is 11.7. The molecule has 7 heteroatoms. The maximum absolute atomic E-state index is 13.6. The van der Waals surface area contributed by atoms with Crippen LogP contribution in [0.2, 0.25) is 0 Å². The number of rotatable bonds is 4. The zero-order valence-corrected chi connectivity index (χ0v) is 17.1. The minimum atomic E-state index is -0.0553. The van der Waals surface area contributed by atoms with Crippen molar-refractivity contribution < 1.29 is 13.9 Å². The molecule has 2 aliphatic heterocycles. The first-order valence-electron chi connectivity index (χ1n) is 10.4. The van der Waals surface area contributed by atoms with Crippen LogP contribution < -0.4 is 4.74 Å². The minimum Gasteiger partial charge on any atom is -0.472 e. The molecule has 7 nitrogen and oxygen atoms in total. The summed E-state index contributed by atoms with van der Waals surface area (Å²) >= 11 is 0. The number of hydrogen-bond donors (Lipinski definition) is 0. The Hall–Kier alpha value is -3.22. The van der Waals surface area contributed by atoms with Gasteiger partial charge in [-0.3, -0.25) is 4.79 Å². The fourth-order valence-corrected chi connectivity index (χ4v) is 4.56. The second kappa shape index (κ2) is 7.55. The zero-order valence-electron chi connectivity index (χ0n) is 17.1. The van der Waals surface area contributed by atoms with Gasteiger partial charge in [-0.15, -0.1) is 0 Å². The van der Waals surface area contributed by atoms with Gasteiger partial charge in [-0.1, -0.05) is 6.07 Å². The van der Waals surface area contributed by atoms with Gasteiger partial charge >= 0.3 is 0 Å². The largest absolute Gasteiger partial charge is 0.472 e. The molecule has 0 spiro atoms. The van der Waals surface area contributed by atoms with E-state index < -0.39 is 0 Å². The Bertz CT molecular complexity index is 1050. The first kappa shape index (κ1) is 18.8. The molecule has 3 aromatic heterocycles. The molecular weight excluding hydrogens is 380 g/mol. The fraction of sp³-hybridized carbons (Fsp3) is 0.391. The summed E-state index contributed by atoms with van der Waals surface area (Å²) in [7, 11) is 0. The van der Waals surface area contributed by atoms with Crippen LogP contribution in [-0.2, 0) is 0 Å². The van der Waals surface area contributed by atoms with E-state index in [9.17, 15) is 4.79 Å². The van der Waals surface area contributed by atoms with Gasteiger partial charge in [0.2, 0.25) is 11.8 Å². The quantitative estimate of drug-likeness (QED) is 0.658. The van der Waals surface area contributed by atoms with Gasteiger partial charge in [0.15, 0.2) is 0 Å². The number of pyridine rings is 2. The highest BCUT2D eigenvalue weighted by molar-refractivity contribution is 5.99. The maximum Gasteiger partial charge on any atom is 0.256 e. The highest BCUT2D eigenvalue weighted by Gasteiger charge is 2.45. The molecule has 0 aromatic carbocycles. The Labute approximate surface area is 175 Å². The van der Waals surface area contributed by atoms with Crippen LogP contribution in [0.5, 0.6) is 5.88 Å². The molecular formula is C23H24N4O3. The van der Waals surface area contributed by atoms with Gasteiger partial charge in [0.1, 0.15) is 18.1 Å². The molecule has 3 unspecified atom stereocenters. The molecule has 1 saturated carbocycles. The second-order valence-corrected chi connectivity index (χ2v) is 8.22. The van der Waals surface area contributed by atoms with Crippen molar-refractivity contribution in [2.45, 2.75) is 45.3 Å². The molecule has 3 aliphatic rings. The fourth-order valence-electron chi connectivity index (χ4n) is 4.56. The molecule has 3 atom stereocenters. The van der Waals surface area contributed by atoms with Crippen molar-refractivity contribution in [3.8, 4) is 17.5 Å². The Morgan fingerprint density at radius 1 is 1.17 bits per heavy atom. The monoisotopic (exact) mass is 404 g/mol. The maximum atomic E-state index is 13.6. The predicted molar refractivity (Wildman–Crippen MR) is 110 cm³/mol. The molecule has 1 aliphatic carbocycles. The summed E-state index contributed by atoms with van der Waals surface area (Å²) in [6.07, 6.45) is 7.81. The summed E-state index contributed by atoms with van der Waals surface area (Å²) in [4.78, 5) is 28.7. The number of aromatic nitrogens is 3. The lowest BCUT2D eigenvalue weighted by molar-refractivity contribution is -0.0313. The van der Waals surface area contributed by atoms with E-state index in [0.717, 1.165) is 37.1 Å². The number of amides is 1. The van der Waals surface area contributed by atoms with Crippen LogP contribution >= 0.6 is 0 Å². The number of oxazole rings is 1. The molecule has 1 amide bonds. The lowest BCUT2D eigenvalue weighted by Gasteiger charge is -2.49. The summed E-state index contributed by atoms with van der Waals surface area (Å²) in [6, 6.07) is 7.58. The number of piperidine rings is 2. The SMILES string of the molecule is Cc1ccc(OC2CC3CCC2N(C(=O)c2ccc(C)nc2-c2ncco2)C3)nc1. The third-order valence-electron chi connectivity index (χ3n) is 6.04. The van der Waals surface area contributed by atoms with Crippen LogP contribution in [0, 0.1) is 19.8 Å². The number of aryl methyl sites for hydroxylation is 2. The number of carbonyl (C=O) groups is 1. The van der Waals surface area contributed by atoms with E-state index in [2.05, 4.69) is 15.0 Å². The number of fused-ring (bicyclic) bond motifs is 3. The Balaban J connectivity index is 1.43. The van der Waals surface area contributed by atoms with Crippen LogP contribution in [-0.4, -0.2) is 44.4 Å². The molecule has 3 fully saturated rings. The first-order valence-corrected chi connectivity index (χ1v) is 10.4. The zero-order chi connectivity index (χ0) is 20.7. The van der Waals surface area contributed by atoms with Crippen molar-refractivity contribution in [1.82, 2.24) is 19.9 Å². The van der Waals surface area contributed by atoms with E-state index in [1.807, 2.05) is 43.0 Å². The van der Waals surface area contributed by atoms with Crippen molar-refractivity contribution in [3.63, 3.8) is 0 Å². The number of carbonyl (C=O) groups excluding carboxylic acids is 1. The van der Waals surface area contributed by atoms with Gasteiger partial charge < -0.3 is 14.1 Å². The van der Waals surface area contributed by atoms with Gasteiger partial charge in [0, 0.05) is 24.5 Å². The standard InChI is InChI=1S/C23H24N4O3/c1-14-3-8-20(25-12-14)30-19-11-16-5-7-18(19)27(13-16)23(28)17-6-4-15(2)26-21(17)22-24-9-10-29-22/h3-4,6,8-10,12,16,18-19H,5,7,11,13H2,1-2H3. The average Bonchev–Trinajstić information content (AvgIpc) is 3.30. The highest BCUT2D eigenvalue weighted by Crippen LogP contribution is 2.38. The lowest BCUT2D eigenvalue weighted by atomic mass is 9.77. The van der Waals surface area contributed by atoms with Crippen molar-refractivity contribution >= 4 is 5.91 Å². The van der Waals surface area contributed by atoms with E-state index >= 15 is 0 Å². The summed E-state index contributed by atoms with van der Waals surface area (Å²) in [5.41, 5.74) is 2.91. The van der Waals surface area contributed by atoms with Crippen molar-refractivity contribution in [3.05, 3.63) is 59.7 Å². The smallest absolute Gasteiger partial charge is 0.256 e. The van der Waals surface area contributed by atoms with Gasteiger partial charge in [0.25, 0.3) is 5.91 Å². The molecule has 6 rings (SSSR count). The van der Waals surface area contributed by atoms with Crippen LogP contribution in [0.3, 0.4) is 0 Å². The normalized spacial score (nSPS) is 22.9. The Morgan fingerprint density at radius 2 is 2.07 bits per heavy atom. The van der Waals surface area contributed by atoms with Gasteiger partial charge in [-0.2, -0.15) is 0 Å². The number of ether oxygens (including phenoxy) is 1. The van der Waals surface area contributed by atoms with E-state index in [1.165, 1.54) is 6.26 Å². The first-order chi connectivity index (χ1) is 14.6. The topological polar surface area (TPSA) is 81.4 Å². The molecule has 0 N–H and O–H groups in total. The molecule has 30 heavy (non-hydrogen) atoms. The summed E-state index contributed by atoms with van der Waals surface area (Å²) in [6.45, 7) is 4.63. The molecule has 5 heterocycles. The summed E-state index contributed by atoms with van der Waals surface area (Å²) in [5.74, 6) is 1.36. The highest BCUT2D eigenvalue weighted by atomic mass is 16.5.